The second-order valence-corrected chi connectivity index (χ2v) is 8.56. The Morgan fingerprint density at radius 2 is 2.08 bits per heavy atom. The minimum Gasteiger partial charge on any atom is -0.493 e. The molecule has 0 spiro atoms. The highest BCUT2D eigenvalue weighted by molar-refractivity contribution is 9.10. The van der Waals surface area contributed by atoms with Crippen LogP contribution < -0.4 is 14.8 Å². The van der Waals surface area contributed by atoms with Crippen molar-refractivity contribution >= 4 is 31.9 Å². The number of sulfonamides is 1. The molecule has 26 heavy (non-hydrogen) atoms. The van der Waals surface area contributed by atoms with E-state index < -0.39 is 10.0 Å². The van der Waals surface area contributed by atoms with Crippen LogP contribution in [0.3, 0.4) is 0 Å². The van der Waals surface area contributed by atoms with Crippen LogP contribution in [0.1, 0.15) is 35.3 Å². The minimum absolute atomic E-state index is 0.0714. The van der Waals surface area contributed by atoms with Gasteiger partial charge in [0.2, 0.25) is 10.0 Å². The molecule has 1 heterocycles. The van der Waals surface area contributed by atoms with Crippen LogP contribution in [0.2, 0.25) is 0 Å². The van der Waals surface area contributed by atoms with Crippen molar-refractivity contribution < 1.29 is 17.9 Å². The first-order chi connectivity index (χ1) is 12.4. The molecule has 1 atom stereocenters. The standard InChI is InChI=1S/C18H19BrN2O4S/c1-2-20-26(23,24)14-5-3-4-12(10-14)18(22)21-16-8-9-25-17-7-6-13(19)11-15(16)17/h3-7,10-11,16,20H,2,8-9H2,1H3,(H,21,22). The Morgan fingerprint density at radius 1 is 1.27 bits per heavy atom. The van der Waals surface area contributed by atoms with Gasteiger partial charge in [-0.15, -0.1) is 0 Å². The lowest BCUT2D eigenvalue weighted by Gasteiger charge is -2.27. The Balaban J connectivity index is 1.83. The van der Waals surface area contributed by atoms with E-state index in [1.165, 1.54) is 12.1 Å². The third-order valence-electron chi connectivity index (χ3n) is 4.06. The van der Waals surface area contributed by atoms with Gasteiger partial charge in [0.1, 0.15) is 5.75 Å². The van der Waals surface area contributed by atoms with Gasteiger partial charge in [0.05, 0.1) is 17.5 Å². The molecule has 0 saturated carbocycles. The summed E-state index contributed by atoms with van der Waals surface area (Å²) in [6.07, 6.45) is 0.643. The Bertz CT molecular complexity index is 931. The van der Waals surface area contributed by atoms with Gasteiger partial charge in [0.25, 0.3) is 5.91 Å². The van der Waals surface area contributed by atoms with E-state index in [0.717, 1.165) is 15.8 Å². The first-order valence-corrected chi connectivity index (χ1v) is 10.5. The number of carbonyl (C=O) groups is 1. The Labute approximate surface area is 161 Å². The zero-order chi connectivity index (χ0) is 18.7. The number of amides is 1. The van der Waals surface area contributed by atoms with Gasteiger partial charge in [-0.05, 0) is 36.4 Å². The highest BCUT2D eigenvalue weighted by Gasteiger charge is 2.24. The highest BCUT2D eigenvalue weighted by atomic mass is 79.9. The summed E-state index contributed by atoms with van der Waals surface area (Å²) in [6.45, 7) is 2.50. The number of rotatable bonds is 5. The molecule has 0 saturated heterocycles. The van der Waals surface area contributed by atoms with E-state index in [2.05, 4.69) is 26.0 Å². The van der Waals surface area contributed by atoms with Crippen LogP contribution >= 0.6 is 15.9 Å². The number of carbonyl (C=O) groups excluding carboxylic acids is 1. The van der Waals surface area contributed by atoms with E-state index in [1.807, 2.05) is 18.2 Å². The van der Waals surface area contributed by atoms with Gasteiger partial charge >= 0.3 is 0 Å². The summed E-state index contributed by atoms with van der Waals surface area (Å²) in [5, 5.41) is 2.97. The van der Waals surface area contributed by atoms with Crippen LogP contribution in [-0.2, 0) is 10.0 Å². The van der Waals surface area contributed by atoms with Gasteiger partial charge in [-0.25, -0.2) is 13.1 Å². The van der Waals surface area contributed by atoms with Crippen LogP contribution in [0.25, 0.3) is 0 Å². The second-order valence-electron chi connectivity index (χ2n) is 5.87. The molecule has 2 aromatic carbocycles. The number of hydrogen-bond donors (Lipinski definition) is 2. The topological polar surface area (TPSA) is 84.5 Å². The van der Waals surface area contributed by atoms with E-state index in [9.17, 15) is 13.2 Å². The minimum atomic E-state index is -3.61. The first kappa shape index (κ1) is 18.9. The van der Waals surface area contributed by atoms with Crippen molar-refractivity contribution in [1.29, 1.82) is 0 Å². The van der Waals surface area contributed by atoms with Gasteiger partial charge in [0.15, 0.2) is 0 Å². The third kappa shape index (κ3) is 4.08. The number of benzene rings is 2. The molecular formula is C18H19BrN2O4S. The lowest BCUT2D eigenvalue weighted by Crippen LogP contribution is -2.32. The van der Waals surface area contributed by atoms with Crippen molar-refractivity contribution in [2.45, 2.75) is 24.3 Å². The summed E-state index contributed by atoms with van der Waals surface area (Å²) in [5.41, 5.74) is 1.20. The van der Waals surface area contributed by atoms with Crippen molar-refractivity contribution in [3.05, 3.63) is 58.1 Å². The quantitative estimate of drug-likeness (QED) is 0.751. The smallest absolute Gasteiger partial charge is 0.251 e. The fourth-order valence-electron chi connectivity index (χ4n) is 2.83. The Kier molecular flexibility index (Phi) is 5.64. The molecule has 6 nitrogen and oxygen atoms in total. The number of nitrogens with one attached hydrogen (secondary N) is 2. The van der Waals surface area contributed by atoms with Crippen LogP contribution in [0.5, 0.6) is 5.75 Å². The molecule has 0 aliphatic carbocycles. The van der Waals surface area contributed by atoms with Crippen molar-refractivity contribution in [2.75, 3.05) is 13.2 Å². The van der Waals surface area contributed by atoms with E-state index >= 15 is 0 Å². The largest absolute Gasteiger partial charge is 0.493 e. The van der Waals surface area contributed by atoms with Gasteiger partial charge in [-0.2, -0.15) is 0 Å². The molecule has 1 aliphatic rings. The second kappa shape index (κ2) is 7.77. The molecule has 1 aliphatic heterocycles. The van der Waals surface area contributed by atoms with Crippen molar-refractivity contribution in [1.82, 2.24) is 10.0 Å². The van der Waals surface area contributed by atoms with Crippen LogP contribution in [0, 0.1) is 0 Å². The number of hydrogen-bond acceptors (Lipinski definition) is 4. The van der Waals surface area contributed by atoms with Gasteiger partial charge < -0.3 is 10.1 Å². The number of fused-ring (bicyclic) bond motifs is 1. The van der Waals surface area contributed by atoms with Crippen molar-refractivity contribution in [3.8, 4) is 5.75 Å². The normalized spacial score (nSPS) is 16.5. The molecule has 138 valence electrons. The summed E-state index contributed by atoms with van der Waals surface area (Å²) in [4.78, 5) is 12.7. The predicted molar refractivity (Wildman–Crippen MR) is 102 cm³/mol. The molecular weight excluding hydrogens is 420 g/mol. The maximum atomic E-state index is 12.7. The average molecular weight is 439 g/mol. The molecule has 2 aromatic rings. The lowest BCUT2D eigenvalue weighted by molar-refractivity contribution is 0.0924. The van der Waals surface area contributed by atoms with Crippen molar-refractivity contribution in [3.63, 3.8) is 0 Å². The third-order valence-corrected chi connectivity index (χ3v) is 6.09. The van der Waals surface area contributed by atoms with E-state index in [1.54, 1.807) is 19.1 Å². The summed E-state index contributed by atoms with van der Waals surface area (Å²) in [7, 11) is -3.61. The predicted octanol–water partition coefficient (Wildman–Crippen LogP) is 3.00. The van der Waals surface area contributed by atoms with Crippen LogP contribution in [-0.4, -0.2) is 27.5 Å². The number of halogens is 1. The molecule has 0 bridgehead atoms. The fraction of sp³-hybridized carbons (Fsp3) is 0.278. The SMILES string of the molecule is CCNS(=O)(=O)c1cccc(C(=O)NC2CCOc3ccc(Br)cc32)c1. The van der Waals surface area contributed by atoms with Crippen LogP contribution in [0.4, 0.5) is 0 Å². The summed E-state index contributed by atoms with van der Waals surface area (Å²) >= 11 is 3.43. The first-order valence-electron chi connectivity index (χ1n) is 8.23. The van der Waals surface area contributed by atoms with Gasteiger partial charge in [-0.3, -0.25) is 4.79 Å². The fourth-order valence-corrected chi connectivity index (χ4v) is 4.30. The molecule has 0 aromatic heterocycles. The molecule has 3 rings (SSSR count). The molecule has 2 N–H and O–H groups in total. The maximum absolute atomic E-state index is 12.7. The maximum Gasteiger partial charge on any atom is 0.251 e. The Hall–Kier alpha value is -1.90. The van der Waals surface area contributed by atoms with Crippen LogP contribution in [0.15, 0.2) is 51.8 Å². The zero-order valence-corrected chi connectivity index (χ0v) is 16.6. The van der Waals surface area contributed by atoms with Crippen molar-refractivity contribution in [2.24, 2.45) is 0 Å². The monoisotopic (exact) mass is 438 g/mol. The van der Waals surface area contributed by atoms with E-state index in [0.29, 0.717) is 18.6 Å². The highest BCUT2D eigenvalue weighted by Crippen LogP contribution is 2.34. The Morgan fingerprint density at radius 3 is 2.85 bits per heavy atom. The summed E-state index contributed by atoms with van der Waals surface area (Å²) in [6, 6.07) is 11.5. The van der Waals surface area contributed by atoms with E-state index in [4.69, 9.17) is 4.74 Å². The molecule has 8 heteroatoms. The summed E-state index contributed by atoms with van der Waals surface area (Å²) < 4.78 is 33.2. The number of ether oxygens (including phenoxy) is 1. The van der Waals surface area contributed by atoms with Gasteiger partial charge in [-0.1, -0.05) is 28.9 Å². The average Bonchev–Trinajstić information content (AvgIpc) is 2.62. The molecule has 1 unspecified atom stereocenters. The van der Waals surface area contributed by atoms with E-state index in [-0.39, 0.29) is 23.4 Å². The molecule has 0 fully saturated rings. The zero-order valence-electron chi connectivity index (χ0n) is 14.2. The molecule has 0 radical (unpaired) electrons. The molecule has 1 amide bonds. The summed E-state index contributed by atoms with van der Waals surface area (Å²) in [5.74, 6) is 0.421. The lowest BCUT2D eigenvalue weighted by atomic mass is 10.00. The van der Waals surface area contributed by atoms with Gasteiger partial charge in [0, 0.05) is 28.6 Å².